The van der Waals surface area contributed by atoms with Gasteiger partial charge in [0.2, 0.25) is 0 Å². The highest BCUT2D eigenvalue weighted by Gasteiger charge is 2.15. The summed E-state index contributed by atoms with van der Waals surface area (Å²) >= 11 is 0. The summed E-state index contributed by atoms with van der Waals surface area (Å²) in [6, 6.07) is 5.56. The minimum Gasteiger partial charge on any atom is -0.379 e. The molecule has 2 aromatic rings. The maximum absolute atomic E-state index is 12.4. The molecule has 6 nitrogen and oxygen atoms in total. The van der Waals surface area contributed by atoms with Gasteiger partial charge in [-0.1, -0.05) is 0 Å². The Bertz CT molecular complexity index is 619. The van der Waals surface area contributed by atoms with Crippen LogP contribution in [0.3, 0.4) is 0 Å². The number of hydrogen-bond donors (Lipinski definition) is 1. The molecule has 0 atom stereocenters. The van der Waals surface area contributed by atoms with Gasteiger partial charge in [-0.25, -0.2) is 4.98 Å². The first kappa shape index (κ1) is 14.0. The van der Waals surface area contributed by atoms with Gasteiger partial charge in [-0.3, -0.25) is 9.69 Å². The third-order valence-electron chi connectivity index (χ3n) is 3.87. The Kier molecular flexibility index (Phi) is 4.17. The van der Waals surface area contributed by atoms with Crippen molar-refractivity contribution in [2.45, 2.75) is 0 Å². The van der Waals surface area contributed by atoms with E-state index >= 15 is 0 Å². The van der Waals surface area contributed by atoms with Gasteiger partial charge >= 0.3 is 0 Å². The average Bonchev–Trinajstić information content (AvgIpc) is 3.00. The second-order valence-corrected chi connectivity index (χ2v) is 5.32. The number of amides is 1. The Morgan fingerprint density at radius 3 is 3.05 bits per heavy atom. The topological polar surface area (TPSA) is 61.5 Å². The normalized spacial score (nSPS) is 16.2. The van der Waals surface area contributed by atoms with Crippen LogP contribution in [0.1, 0.15) is 10.4 Å². The van der Waals surface area contributed by atoms with Gasteiger partial charge in [0.1, 0.15) is 0 Å². The predicted octanol–water partition coefficient (Wildman–Crippen LogP) is 0.967. The van der Waals surface area contributed by atoms with Crippen molar-refractivity contribution in [2.75, 3.05) is 46.4 Å². The minimum atomic E-state index is 0.0414. The van der Waals surface area contributed by atoms with E-state index in [9.17, 15) is 4.79 Å². The van der Waals surface area contributed by atoms with Crippen molar-refractivity contribution in [1.29, 1.82) is 0 Å². The van der Waals surface area contributed by atoms with Crippen LogP contribution in [0.15, 0.2) is 24.5 Å². The van der Waals surface area contributed by atoms with Crippen LogP contribution < -0.4 is 0 Å². The summed E-state index contributed by atoms with van der Waals surface area (Å²) < 4.78 is 5.32. The summed E-state index contributed by atoms with van der Waals surface area (Å²) in [6.45, 7) is 5.07. The number of imidazole rings is 1. The van der Waals surface area contributed by atoms with Crippen LogP contribution in [0.2, 0.25) is 0 Å². The van der Waals surface area contributed by atoms with Crippen LogP contribution in [0, 0.1) is 0 Å². The van der Waals surface area contributed by atoms with Crippen LogP contribution in [0.5, 0.6) is 0 Å². The highest BCUT2D eigenvalue weighted by atomic mass is 16.5. The molecule has 0 radical (unpaired) electrons. The highest BCUT2D eigenvalue weighted by Crippen LogP contribution is 2.13. The molecule has 0 aliphatic carbocycles. The van der Waals surface area contributed by atoms with E-state index in [1.165, 1.54) is 0 Å². The molecule has 1 N–H and O–H groups in total. The summed E-state index contributed by atoms with van der Waals surface area (Å²) in [6.07, 6.45) is 1.64. The standard InChI is InChI=1S/C15H20N4O2/c1-18(4-5-19-6-8-21-9-7-19)15(20)12-2-3-13-14(10-12)17-11-16-13/h2-3,10-11H,4-9H2,1H3,(H,16,17). The lowest BCUT2D eigenvalue weighted by Gasteiger charge is -2.28. The molecule has 1 aromatic carbocycles. The van der Waals surface area contributed by atoms with Crippen LogP contribution in [-0.4, -0.2) is 72.1 Å². The van der Waals surface area contributed by atoms with Crippen molar-refractivity contribution in [1.82, 2.24) is 19.8 Å². The number of nitrogens with one attached hydrogen (secondary N) is 1. The van der Waals surface area contributed by atoms with Gasteiger partial charge < -0.3 is 14.6 Å². The number of carbonyl (C=O) groups is 1. The molecule has 6 heteroatoms. The van der Waals surface area contributed by atoms with Gasteiger partial charge in [0.15, 0.2) is 0 Å². The summed E-state index contributed by atoms with van der Waals surface area (Å²) in [5.41, 5.74) is 2.46. The number of nitrogens with zero attached hydrogens (tertiary/aromatic N) is 3. The van der Waals surface area contributed by atoms with Gasteiger partial charge in [-0.2, -0.15) is 0 Å². The molecular formula is C15H20N4O2. The number of hydrogen-bond acceptors (Lipinski definition) is 4. The van der Waals surface area contributed by atoms with Crippen molar-refractivity contribution < 1.29 is 9.53 Å². The SMILES string of the molecule is CN(CCN1CCOCC1)C(=O)c1ccc2nc[nH]c2c1. The number of aromatic nitrogens is 2. The molecule has 1 aromatic heterocycles. The Labute approximate surface area is 123 Å². The first-order chi connectivity index (χ1) is 10.2. The molecule has 0 bridgehead atoms. The van der Waals surface area contributed by atoms with Crippen molar-refractivity contribution >= 4 is 16.9 Å². The molecule has 1 aliphatic heterocycles. The zero-order valence-corrected chi connectivity index (χ0v) is 12.2. The zero-order valence-electron chi connectivity index (χ0n) is 12.2. The number of morpholine rings is 1. The molecule has 1 amide bonds. The second kappa shape index (κ2) is 6.24. The van der Waals surface area contributed by atoms with Gasteiger partial charge in [-0.15, -0.1) is 0 Å². The van der Waals surface area contributed by atoms with E-state index in [0.717, 1.165) is 50.4 Å². The quantitative estimate of drug-likeness (QED) is 0.910. The Hall–Kier alpha value is -1.92. The third kappa shape index (κ3) is 3.22. The maximum Gasteiger partial charge on any atom is 0.253 e. The first-order valence-electron chi connectivity index (χ1n) is 7.23. The van der Waals surface area contributed by atoms with E-state index in [1.54, 1.807) is 11.2 Å². The predicted molar refractivity (Wildman–Crippen MR) is 80.3 cm³/mol. The molecule has 112 valence electrons. The number of aromatic amines is 1. The van der Waals surface area contributed by atoms with Crippen LogP contribution in [0.25, 0.3) is 11.0 Å². The molecule has 0 unspecified atom stereocenters. The smallest absolute Gasteiger partial charge is 0.253 e. The summed E-state index contributed by atoms with van der Waals surface area (Å²) in [7, 11) is 1.85. The van der Waals surface area contributed by atoms with E-state index in [-0.39, 0.29) is 5.91 Å². The van der Waals surface area contributed by atoms with Crippen LogP contribution in [-0.2, 0) is 4.74 Å². The fourth-order valence-electron chi connectivity index (χ4n) is 2.51. The first-order valence-corrected chi connectivity index (χ1v) is 7.23. The van der Waals surface area contributed by atoms with Crippen LogP contribution >= 0.6 is 0 Å². The van der Waals surface area contributed by atoms with Gasteiger partial charge in [0, 0.05) is 38.8 Å². The van der Waals surface area contributed by atoms with Crippen LogP contribution in [0.4, 0.5) is 0 Å². The monoisotopic (exact) mass is 288 g/mol. The molecule has 1 aliphatic rings. The molecular weight excluding hydrogens is 268 g/mol. The summed E-state index contributed by atoms with van der Waals surface area (Å²) in [5, 5.41) is 0. The maximum atomic E-state index is 12.4. The third-order valence-corrected chi connectivity index (χ3v) is 3.87. The van der Waals surface area contributed by atoms with Gasteiger partial charge in [0.05, 0.1) is 30.6 Å². The number of benzene rings is 1. The number of ether oxygens (including phenoxy) is 1. The zero-order chi connectivity index (χ0) is 14.7. The summed E-state index contributed by atoms with van der Waals surface area (Å²) in [4.78, 5) is 23.7. The minimum absolute atomic E-state index is 0.0414. The number of carbonyl (C=O) groups excluding carboxylic acids is 1. The molecule has 0 saturated carbocycles. The number of H-pyrrole nitrogens is 1. The van der Waals surface area contributed by atoms with Gasteiger partial charge in [-0.05, 0) is 18.2 Å². The number of likely N-dealkylation sites (N-methyl/N-ethyl adjacent to an activating group) is 1. The van der Waals surface area contributed by atoms with Crippen molar-refractivity contribution in [3.05, 3.63) is 30.1 Å². The van der Waals surface area contributed by atoms with E-state index in [4.69, 9.17) is 4.74 Å². The van der Waals surface area contributed by atoms with E-state index in [2.05, 4.69) is 14.9 Å². The molecule has 21 heavy (non-hydrogen) atoms. The molecule has 2 heterocycles. The Morgan fingerprint density at radius 2 is 2.24 bits per heavy atom. The highest BCUT2D eigenvalue weighted by molar-refractivity contribution is 5.97. The van der Waals surface area contributed by atoms with Gasteiger partial charge in [0.25, 0.3) is 5.91 Å². The average molecular weight is 288 g/mol. The summed E-state index contributed by atoms with van der Waals surface area (Å²) in [5.74, 6) is 0.0414. The molecule has 1 fully saturated rings. The molecule has 0 spiro atoms. The van der Waals surface area contributed by atoms with E-state index in [1.807, 2.05) is 25.2 Å². The number of rotatable bonds is 4. The lowest BCUT2D eigenvalue weighted by Crippen LogP contribution is -2.41. The van der Waals surface area contributed by atoms with Crippen molar-refractivity contribution in [2.24, 2.45) is 0 Å². The fourth-order valence-corrected chi connectivity index (χ4v) is 2.51. The van der Waals surface area contributed by atoms with E-state index < -0.39 is 0 Å². The fraction of sp³-hybridized carbons (Fsp3) is 0.467. The van der Waals surface area contributed by atoms with Crippen molar-refractivity contribution in [3.8, 4) is 0 Å². The molecule has 3 rings (SSSR count). The second-order valence-electron chi connectivity index (χ2n) is 5.32. The van der Waals surface area contributed by atoms with E-state index in [0.29, 0.717) is 5.56 Å². The lowest BCUT2D eigenvalue weighted by molar-refractivity contribution is 0.0338. The largest absolute Gasteiger partial charge is 0.379 e. The molecule has 1 saturated heterocycles. The Morgan fingerprint density at radius 1 is 1.43 bits per heavy atom. The number of fused-ring (bicyclic) bond motifs is 1. The lowest BCUT2D eigenvalue weighted by atomic mass is 10.2. The van der Waals surface area contributed by atoms with Crippen molar-refractivity contribution in [3.63, 3.8) is 0 Å². The Balaban J connectivity index is 1.60.